The second-order valence-electron chi connectivity index (χ2n) is 8.44. The number of ether oxygens (including phenoxy) is 2. The molecule has 3 nitrogen and oxygen atoms in total. The average Bonchev–Trinajstić information content (AvgIpc) is 2.65. The standard InChI is InChI=1S/C24H30F2O3/c1-15(2)17(4)16(3)14-28-23(27)24(5,6)29-20-10-7-18(8-11-20)21-12-9-19(25)13-22(21)26/h7-13,15-17H,14H2,1-6H3. The maximum absolute atomic E-state index is 13.9. The van der Waals surface area contributed by atoms with Crippen molar-refractivity contribution in [1.29, 1.82) is 0 Å². The lowest BCUT2D eigenvalue weighted by molar-refractivity contribution is -0.161. The quantitative estimate of drug-likeness (QED) is 0.487. The molecule has 0 radical (unpaired) electrons. The van der Waals surface area contributed by atoms with Gasteiger partial charge in [0, 0.05) is 11.6 Å². The van der Waals surface area contributed by atoms with E-state index in [9.17, 15) is 13.6 Å². The first-order valence-electron chi connectivity index (χ1n) is 9.93. The van der Waals surface area contributed by atoms with Crippen molar-refractivity contribution in [3.05, 3.63) is 54.1 Å². The number of esters is 1. The third kappa shape index (κ3) is 6.02. The number of carbonyl (C=O) groups excluding carboxylic acids is 1. The Labute approximate surface area is 172 Å². The minimum atomic E-state index is -1.16. The molecule has 0 heterocycles. The number of halogens is 2. The van der Waals surface area contributed by atoms with Crippen LogP contribution in [0.3, 0.4) is 0 Å². The van der Waals surface area contributed by atoms with E-state index in [4.69, 9.17) is 9.47 Å². The average molecular weight is 404 g/mol. The van der Waals surface area contributed by atoms with E-state index in [1.165, 1.54) is 12.1 Å². The summed E-state index contributed by atoms with van der Waals surface area (Å²) in [4.78, 5) is 12.5. The lowest BCUT2D eigenvalue weighted by atomic mass is 9.87. The first-order valence-corrected chi connectivity index (χ1v) is 9.93. The Morgan fingerprint density at radius 2 is 1.62 bits per heavy atom. The summed E-state index contributed by atoms with van der Waals surface area (Å²) in [7, 11) is 0. The first kappa shape index (κ1) is 22.9. The summed E-state index contributed by atoms with van der Waals surface area (Å²) in [6.45, 7) is 12.2. The fourth-order valence-corrected chi connectivity index (χ4v) is 2.95. The van der Waals surface area contributed by atoms with E-state index in [1.54, 1.807) is 38.1 Å². The van der Waals surface area contributed by atoms with Crippen LogP contribution < -0.4 is 4.74 Å². The van der Waals surface area contributed by atoms with Crippen molar-refractivity contribution in [2.24, 2.45) is 17.8 Å². The smallest absolute Gasteiger partial charge is 0.349 e. The fraction of sp³-hybridized carbons (Fsp3) is 0.458. The van der Waals surface area contributed by atoms with E-state index in [2.05, 4.69) is 27.7 Å². The molecule has 0 saturated heterocycles. The molecular formula is C24H30F2O3. The summed E-state index contributed by atoms with van der Waals surface area (Å²) in [6.07, 6.45) is 0. The highest BCUT2D eigenvalue weighted by atomic mass is 19.1. The third-order valence-electron chi connectivity index (χ3n) is 5.39. The normalized spacial score (nSPS) is 13.8. The lowest BCUT2D eigenvalue weighted by Gasteiger charge is -2.27. The van der Waals surface area contributed by atoms with Gasteiger partial charge in [0.15, 0.2) is 5.60 Å². The molecule has 2 atom stereocenters. The number of carbonyl (C=O) groups is 1. The lowest BCUT2D eigenvalue weighted by Crippen LogP contribution is -2.40. The molecule has 0 saturated carbocycles. The van der Waals surface area contributed by atoms with Crippen LogP contribution in [0.1, 0.15) is 41.5 Å². The van der Waals surface area contributed by atoms with Crippen molar-refractivity contribution in [3.8, 4) is 16.9 Å². The summed E-state index contributed by atoms with van der Waals surface area (Å²) in [5, 5.41) is 0. The Morgan fingerprint density at radius 1 is 1.00 bits per heavy atom. The van der Waals surface area contributed by atoms with Gasteiger partial charge in [0.2, 0.25) is 0 Å². The molecule has 0 fully saturated rings. The second-order valence-corrected chi connectivity index (χ2v) is 8.44. The molecule has 0 N–H and O–H groups in total. The Hall–Kier alpha value is -2.43. The van der Waals surface area contributed by atoms with Crippen molar-refractivity contribution >= 4 is 5.97 Å². The van der Waals surface area contributed by atoms with Crippen LogP contribution in [0, 0.1) is 29.4 Å². The molecule has 5 heteroatoms. The molecule has 0 aliphatic carbocycles. The molecule has 2 aromatic rings. The van der Waals surface area contributed by atoms with Crippen molar-refractivity contribution in [2.75, 3.05) is 6.61 Å². The molecule has 2 rings (SSSR count). The van der Waals surface area contributed by atoms with Crippen LogP contribution in [-0.2, 0) is 9.53 Å². The molecule has 0 bridgehead atoms. The maximum Gasteiger partial charge on any atom is 0.349 e. The molecule has 2 aromatic carbocycles. The Bertz CT molecular complexity index is 829. The SMILES string of the molecule is CC(C)C(C)C(C)COC(=O)C(C)(C)Oc1ccc(-c2ccc(F)cc2F)cc1. The summed E-state index contributed by atoms with van der Waals surface area (Å²) in [5.41, 5.74) is -0.278. The van der Waals surface area contributed by atoms with Crippen molar-refractivity contribution in [3.63, 3.8) is 0 Å². The van der Waals surface area contributed by atoms with Gasteiger partial charge in [0.1, 0.15) is 17.4 Å². The zero-order valence-electron chi connectivity index (χ0n) is 18.0. The van der Waals surface area contributed by atoms with Gasteiger partial charge in [0.05, 0.1) is 6.61 Å². The highest BCUT2D eigenvalue weighted by molar-refractivity contribution is 5.79. The van der Waals surface area contributed by atoms with E-state index >= 15 is 0 Å². The molecule has 158 valence electrons. The topological polar surface area (TPSA) is 35.5 Å². The van der Waals surface area contributed by atoms with Crippen LogP contribution in [0.2, 0.25) is 0 Å². The minimum absolute atomic E-state index is 0.250. The summed E-state index contributed by atoms with van der Waals surface area (Å²) >= 11 is 0. The highest BCUT2D eigenvalue weighted by Gasteiger charge is 2.32. The summed E-state index contributed by atoms with van der Waals surface area (Å²) in [6, 6.07) is 10.1. The van der Waals surface area contributed by atoms with Gasteiger partial charge in [-0.25, -0.2) is 13.6 Å². The molecule has 0 amide bonds. The van der Waals surface area contributed by atoms with E-state index in [-0.39, 0.29) is 5.92 Å². The zero-order chi connectivity index (χ0) is 21.8. The van der Waals surface area contributed by atoms with Gasteiger partial charge in [-0.15, -0.1) is 0 Å². The monoisotopic (exact) mass is 404 g/mol. The molecule has 0 aromatic heterocycles. The van der Waals surface area contributed by atoms with Crippen molar-refractivity contribution in [1.82, 2.24) is 0 Å². The number of benzene rings is 2. The van der Waals surface area contributed by atoms with Gasteiger partial charge in [-0.1, -0.05) is 39.8 Å². The van der Waals surface area contributed by atoms with Gasteiger partial charge < -0.3 is 9.47 Å². The predicted octanol–water partition coefficient (Wildman–Crippen LogP) is 6.26. The molecular weight excluding hydrogens is 374 g/mol. The number of rotatable bonds is 8. The second kappa shape index (κ2) is 9.38. The molecule has 0 aliphatic heterocycles. The predicted molar refractivity (Wildman–Crippen MR) is 111 cm³/mol. The van der Waals surface area contributed by atoms with E-state index in [0.717, 1.165) is 6.07 Å². The van der Waals surface area contributed by atoms with Crippen LogP contribution in [0.4, 0.5) is 8.78 Å². The fourth-order valence-electron chi connectivity index (χ4n) is 2.95. The van der Waals surface area contributed by atoms with Gasteiger partial charge in [0.25, 0.3) is 0 Å². The van der Waals surface area contributed by atoms with Crippen molar-refractivity contribution < 1.29 is 23.0 Å². The van der Waals surface area contributed by atoms with Gasteiger partial charge in [-0.05, 0) is 61.4 Å². The maximum atomic E-state index is 13.9. The zero-order valence-corrected chi connectivity index (χ0v) is 18.0. The van der Waals surface area contributed by atoms with Crippen LogP contribution in [0.25, 0.3) is 11.1 Å². The van der Waals surface area contributed by atoms with Crippen LogP contribution in [0.5, 0.6) is 5.75 Å². The van der Waals surface area contributed by atoms with E-state index in [1.807, 2.05) is 0 Å². The largest absolute Gasteiger partial charge is 0.476 e. The van der Waals surface area contributed by atoms with Gasteiger partial charge in [-0.2, -0.15) is 0 Å². The van der Waals surface area contributed by atoms with Crippen LogP contribution >= 0.6 is 0 Å². The van der Waals surface area contributed by atoms with Gasteiger partial charge >= 0.3 is 5.97 Å². The molecule has 0 spiro atoms. The Kier molecular flexibility index (Phi) is 7.39. The van der Waals surface area contributed by atoms with Gasteiger partial charge in [-0.3, -0.25) is 0 Å². The van der Waals surface area contributed by atoms with E-state index in [0.29, 0.717) is 35.3 Å². The number of hydrogen-bond donors (Lipinski definition) is 0. The van der Waals surface area contributed by atoms with Crippen LogP contribution in [-0.4, -0.2) is 18.2 Å². The molecule has 2 unspecified atom stereocenters. The molecule has 29 heavy (non-hydrogen) atoms. The Balaban J connectivity index is 2.01. The highest BCUT2D eigenvalue weighted by Crippen LogP contribution is 2.28. The van der Waals surface area contributed by atoms with E-state index < -0.39 is 23.2 Å². The van der Waals surface area contributed by atoms with Crippen molar-refractivity contribution in [2.45, 2.75) is 47.1 Å². The number of hydrogen-bond acceptors (Lipinski definition) is 3. The van der Waals surface area contributed by atoms with Crippen LogP contribution in [0.15, 0.2) is 42.5 Å². The first-order chi connectivity index (χ1) is 13.5. The summed E-state index contributed by atoms with van der Waals surface area (Å²) < 4.78 is 38.3. The third-order valence-corrected chi connectivity index (χ3v) is 5.39. The minimum Gasteiger partial charge on any atom is -0.476 e. The summed E-state index contributed by atoms with van der Waals surface area (Å²) in [5.74, 6) is -0.0324. The Morgan fingerprint density at radius 3 is 2.17 bits per heavy atom. The molecule has 0 aliphatic rings.